The SMILES string of the molecule is C[C@H]([C@H](Cc1ccc(C(=O)Nc2ccccc2)o1)c1ccc2c(c1)OCO2)N(C/C=C/c1ccccc1)C(=O)/C(O)=C(\CC(=O)O)C(=O)OC(C)(C)C. The van der Waals surface area contributed by atoms with Gasteiger partial charge >= 0.3 is 11.9 Å². The Morgan fingerprint density at radius 3 is 2.26 bits per heavy atom. The number of aliphatic carboxylic acids is 1. The second-order valence-corrected chi connectivity index (χ2v) is 13.4. The fourth-order valence-electron chi connectivity index (χ4n) is 5.78. The van der Waals surface area contributed by atoms with Crippen LogP contribution in [0.2, 0.25) is 0 Å². The van der Waals surface area contributed by atoms with Crippen LogP contribution in [-0.2, 0) is 25.5 Å². The van der Waals surface area contributed by atoms with Crippen molar-refractivity contribution in [3.8, 4) is 11.5 Å². The van der Waals surface area contributed by atoms with Crippen LogP contribution >= 0.6 is 0 Å². The summed E-state index contributed by atoms with van der Waals surface area (Å²) in [5.74, 6) is -4.00. The van der Waals surface area contributed by atoms with Crippen LogP contribution in [0.15, 0.2) is 113 Å². The average molecular weight is 723 g/mol. The first kappa shape index (κ1) is 37.9. The van der Waals surface area contributed by atoms with Gasteiger partial charge in [-0.15, -0.1) is 0 Å². The predicted octanol–water partition coefficient (Wildman–Crippen LogP) is 7.15. The van der Waals surface area contributed by atoms with E-state index in [2.05, 4.69) is 5.32 Å². The quantitative estimate of drug-likeness (QED) is 0.0692. The molecule has 276 valence electrons. The van der Waals surface area contributed by atoms with Crippen LogP contribution in [0.4, 0.5) is 5.69 Å². The number of carbonyl (C=O) groups excluding carboxylic acids is 3. The molecule has 0 fully saturated rings. The number of hydrogen-bond donors (Lipinski definition) is 3. The first-order valence-corrected chi connectivity index (χ1v) is 17.0. The van der Waals surface area contributed by atoms with Gasteiger partial charge in [0.1, 0.15) is 11.4 Å². The largest absolute Gasteiger partial charge is 0.503 e. The lowest BCUT2D eigenvalue weighted by molar-refractivity contribution is -0.152. The van der Waals surface area contributed by atoms with Gasteiger partial charge in [0.05, 0.1) is 12.0 Å². The molecule has 0 saturated carbocycles. The number of nitrogens with zero attached hydrogens (tertiary/aromatic N) is 1. The number of aliphatic hydroxyl groups excluding tert-OH is 1. The van der Waals surface area contributed by atoms with E-state index in [0.29, 0.717) is 22.9 Å². The highest BCUT2D eigenvalue weighted by atomic mass is 16.7. The Hall–Kier alpha value is -6.30. The van der Waals surface area contributed by atoms with E-state index in [1.165, 1.54) is 4.90 Å². The van der Waals surface area contributed by atoms with Gasteiger partial charge in [-0.25, -0.2) is 4.79 Å². The molecule has 0 aliphatic carbocycles. The summed E-state index contributed by atoms with van der Waals surface area (Å²) in [5, 5.41) is 23.8. The number of ether oxygens (including phenoxy) is 3. The zero-order valence-electron chi connectivity index (χ0n) is 29.9. The number of carboxylic acids is 1. The lowest BCUT2D eigenvalue weighted by Crippen LogP contribution is -2.44. The molecular weight excluding hydrogens is 680 g/mol. The van der Waals surface area contributed by atoms with Crippen molar-refractivity contribution in [1.82, 2.24) is 4.90 Å². The van der Waals surface area contributed by atoms with Gasteiger partial charge in [-0.2, -0.15) is 0 Å². The number of carbonyl (C=O) groups is 4. The van der Waals surface area contributed by atoms with E-state index in [1.807, 2.05) is 42.5 Å². The molecule has 1 aliphatic heterocycles. The number of esters is 1. The molecule has 12 nitrogen and oxygen atoms in total. The zero-order chi connectivity index (χ0) is 38.1. The van der Waals surface area contributed by atoms with Crippen molar-refractivity contribution in [2.24, 2.45) is 0 Å². The number of rotatable bonds is 14. The first-order chi connectivity index (χ1) is 25.3. The maximum atomic E-state index is 14.3. The number of benzene rings is 3. The van der Waals surface area contributed by atoms with Crippen molar-refractivity contribution in [3.63, 3.8) is 0 Å². The molecule has 5 rings (SSSR count). The molecule has 2 heterocycles. The number of amides is 2. The standard InChI is InChI=1S/C41H42N2O10/c1-26(43(21-11-14-27-12-7-5-8-13-27)39(48)37(46)32(24-36(44)45)40(49)53-41(2,3)4)31(28-17-19-33-35(22-28)51-25-50-33)23-30-18-20-34(52-30)38(47)42-29-15-9-6-10-16-29/h5-20,22,26,31,46H,21,23-25H2,1-4H3,(H,42,47)(H,44,45)/b14-11+,37-32-/t26-,31+/m1/s1. The number of fused-ring (bicyclic) bond motifs is 1. The monoisotopic (exact) mass is 722 g/mol. The average Bonchev–Trinajstić information content (AvgIpc) is 3.80. The predicted molar refractivity (Wildman–Crippen MR) is 197 cm³/mol. The normalized spacial score (nSPS) is 13.9. The summed E-state index contributed by atoms with van der Waals surface area (Å²) < 4.78 is 22.6. The Labute approximate surface area is 307 Å². The van der Waals surface area contributed by atoms with E-state index >= 15 is 0 Å². The molecule has 0 radical (unpaired) electrons. The number of nitrogens with one attached hydrogen (secondary N) is 1. The fourth-order valence-corrected chi connectivity index (χ4v) is 5.78. The second kappa shape index (κ2) is 16.8. The Balaban J connectivity index is 1.53. The van der Waals surface area contributed by atoms with Crippen LogP contribution in [0.5, 0.6) is 11.5 Å². The molecule has 0 bridgehead atoms. The molecule has 0 unspecified atom stereocenters. The third-order valence-electron chi connectivity index (χ3n) is 8.37. The molecule has 0 saturated heterocycles. The Bertz CT molecular complexity index is 1990. The fraction of sp³-hybridized carbons (Fsp3) is 0.268. The van der Waals surface area contributed by atoms with Crippen LogP contribution in [0, 0.1) is 0 Å². The van der Waals surface area contributed by atoms with Crippen LogP contribution < -0.4 is 14.8 Å². The van der Waals surface area contributed by atoms with Gasteiger partial charge in [0, 0.05) is 30.6 Å². The summed E-state index contributed by atoms with van der Waals surface area (Å²) in [6.07, 6.45) is 2.78. The lowest BCUT2D eigenvalue weighted by atomic mass is 9.87. The minimum atomic E-state index is -1.43. The molecule has 2 atom stereocenters. The van der Waals surface area contributed by atoms with Crippen molar-refractivity contribution in [3.05, 3.63) is 131 Å². The van der Waals surface area contributed by atoms with E-state index in [4.69, 9.17) is 18.6 Å². The highest BCUT2D eigenvalue weighted by Gasteiger charge is 2.35. The molecule has 4 aromatic rings. The lowest BCUT2D eigenvalue weighted by Gasteiger charge is -2.34. The maximum Gasteiger partial charge on any atom is 0.339 e. The third kappa shape index (κ3) is 10.2. The van der Waals surface area contributed by atoms with Gasteiger partial charge in [0.15, 0.2) is 23.0 Å². The molecule has 0 spiro atoms. The third-order valence-corrected chi connectivity index (χ3v) is 8.37. The summed E-state index contributed by atoms with van der Waals surface area (Å²) >= 11 is 0. The molecule has 1 aromatic heterocycles. The Morgan fingerprint density at radius 1 is 0.906 bits per heavy atom. The van der Waals surface area contributed by atoms with Crippen LogP contribution in [0.1, 0.15) is 67.5 Å². The topological polar surface area (TPSA) is 165 Å². The molecule has 3 N–H and O–H groups in total. The molecule has 53 heavy (non-hydrogen) atoms. The van der Waals surface area contributed by atoms with Crippen molar-refractivity contribution < 1.29 is 48.0 Å². The van der Waals surface area contributed by atoms with Gasteiger partial charge in [-0.3, -0.25) is 14.4 Å². The van der Waals surface area contributed by atoms with Crippen LogP contribution in [0.3, 0.4) is 0 Å². The molecule has 1 aliphatic rings. The Morgan fingerprint density at radius 2 is 1.58 bits per heavy atom. The van der Waals surface area contributed by atoms with Crippen molar-refractivity contribution in [2.45, 2.75) is 58.1 Å². The zero-order valence-corrected chi connectivity index (χ0v) is 29.9. The van der Waals surface area contributed by atoms with E-state index in [9.17, 15) is 29.4 Å². The molecule has 3 aromatic carbocycles. The van der Waals surface area contributed by atoms with Gasteiger partial charge in [-0.05, 0) is 75.2 Å². The van der Waals surface area contributed by atoms with Crippen molar-refractivity contribution in [2.75, 3.05) is 18.7 Å². The van der Waals surface area contributed by atoms with E-state index in [0.717, 1.165) is 11.1 Å². The maximum absolute atomic E-state index is 14.3. The van der Waals surface area contributed by atoms with Gasteiger partial charge in [0.25, 0.3) is 11.8 Å². The molecular formula is C41H42N2O10. The van der Waals surface area contributed by atoms with Crippen LogP contribution in [0.25, 0.3) is 6.08 Å². The number of anilines is 1. The minimum Gasteiger partial charge on any atom is -0.503 e. The molecule has 12 heteroatoms. The minimum absolute atomic E-state index is 0.0433. The highest BCUT2D eigenvalue weighted by Crippen LogP contribution is 2.38. The van der Waals surface area contributed by atoms with Gasteiger partial charge in [0.2, 0.25) is 6.79 Å². The van der Waals surface area contributed by atoms with Crippen molar-refractivity contribution in [1.29, 1.82) is 0 Å². The second-order valence-electron chi connectivity index (χ2n) is 13.4. The number of para-hydroxylation sites is 1. The van der Waals surface area contributed by atoms with Gasteiger partial charge in [-0.1, -0.05) is 66.7 Å². The summed E-state index contributed by atoms with van der Waals surface area (Å²) in [5.41, 5.74) is 0.472. The smallest absolute Gasteiger partial charge is 0.339 e. The van der Waals surface area contributed by atoms with Crippen LogP contribution in [-0.4, -0.2) is 63.8 Å². The summed E-state index contributed by atoms with van der Waals surface area (Å²) in [6.45, 7) is 6.54. The number of furan rings is 1. The van der Waals surface area contributed by atoms with E-state index < -0.39 is 59.1 Å². The number of aliphatic hydroxyl groups is 1. The number of hydrogen-bond acceptors (Lipinski definition) is 9. The number of carboxylic acid groups (broad SMARTS) is 1. The first-order valence-electron chi connectivity index (χ1n) is 17.0. The summed E-state index contributed by atoms with van der Waals surface area (Å²) in [6, 6.07) is 26.2. The van der Waals surface area contributed by atoms with E-state index in [1.54, 1.807) is 88.4 Å². The molecule has 2 amide bonds. The summed E-state index contributed by atoms with van der Waals surface area (Å²) in [4.78, 5) is 53.7. The highest BCUT2D eigenvalue weighted by molar-refractivity contribution is 6.04. The van der Waals surface area contributed by atoms with E-state index in [-0.39, 0.29) is 25.5 Å². The summed E-state index contributed by atoms with van der Waals surface area (Å²) in [7, 11) is 0. The Kier molecular flexibility index (Phi) is 12.0. The van der Waals surface area contributed by atoms with Crippen molar-refractivity contribution >= 4 is 35.5 Å². The van der Waals surface area contributed by atoms with Gasteiger partial charge < -0.3 is 39.1 Å².